The molecule has 0 fully saturated rings. The second kappa shape index (κ2) is 15.9. The SMILES string of the molecule is COP(=O)(OC)OCCCC[C@@H](COC(=O)Nc1cc2cc(F)ccc2cn1)N(NCc1cccc(F)c1Cl)C(C)=O. The highest BCUT2D eigenvalue weighted by Gasteiger charge is 2.25. The Hall–Kier alpha value is -3.19. The number of pyridine rings is 1. The van der Waals surface area contributed by atoms with Gasteiger partial charge in [0.15, 0.2) is 0 Å². The first-order valence-corrected chi connectivity index (χ1v) is 14.7. The maximum Gasteiger partial charge on any atom is 0.474 e. The van der Waals surface area contributed by atoms with Gasteiger partial charge in [0.25, 0.3) is 0 Å². The zero-order valence-electron chi connectivity index (χ0n) is 23.3. The van der Waals surface area contributed by atoms with Crippen molar-refractivity contribution in [3.05, 3.63) is 70.9 Å². The quantitative estimate of drug-likeness (QED) is 0.114. The predicted molar refractivity (Wildman–Crippen MR) is 153 cm³/mol. The van der Waals surface area contributed by atoms with Gasteiger partial charge in [-0.15, -0.1) is 0 Å². The molecule has 0 spiro atoms. The summed E-state index contributed by atoms with van der Waals surface area (Å²) in [5, 5.41) is 4.92. The fraction of sp³-hybridized carbons (Fsp3) is 0.370. The van der Waals surface area contributed by atoms with Crippen molar-refractivity contribution in [3.63, 3.8) is 0 Å². The number of unbranched alkanes of at least 4 members (excludes halogenated alkanes) is 1. The molecule has 11 nitrogen and oxygen atoms in total. The Bertz CT molecular complexity index is 1430. The minimum atomic E-state index is -3.64. The van der Waals surface area contributed by atoms with E-state index in [9.17, 15) is 22.9 Å². The topological polar surface area (TPSA) is 128 Å². The number of carbonyl (C=O) groups excluding carboxylic acids is 2. The number of phosphoric ester groups is 1. The Labute approximate surface area is 247 Å². The van der Waals surface area contributed by atoms with E-state index in [4.69, 9.17) is 29.9 Å². The summed E-state index contributed by atoms with van der Waals surface area (Å²) in [6, 6.07) is 9.35. The summed E-state index contributed by atoms with van der Waals surface area (Å²) in [7, 11) is -1.23. The number of anilines is 1. The van der Waals surface area contributed by atoms with Crippen LogP contribution < -0.4 is 10.7 Å². The zero-order valence-corrected chi connectivity index (χ0v) is 24.9. The number of phosphoric acid groups is 1. The van der Waals surface area contributed by atoms with Crippen LogP contribution in [0.25, 0.3) is 10.8 Å². The number of hydrogen-bond acceptors (Lipinski definition) is 9. The molecule has 0 saturated heterocycles. The summed E-state index contributed by atoms with van der Waals surface area (Å²) in [4.78, 5) is 29.4. The molecule has 0 bridgehead atoms. The Kier molecular flexibility index (Phi) is 12.6. The number of aromatic nitrogens is 1. The molecule has 1 atom stereocenters. The number of hydrogen-bond donors (Lipinski definition) is 2. The highest BCUT2D eigenvalue weighted by atomic mass is 35.5. The number of hydrazine groups is 1. The molecule has 2 N–H and O–H groups in total. The first-order valence-electron chi connectivity index (χ1n) is 12.9. The summed E-state index contributed by atoms with van der Waals surface area (Å²) in [6.45, 7) is 1.16. The van der Waals surface area contributed by atoms with Gasteiger partial charge in [-0.3, -0.25) is 28.7 Å². The number of nitrogens with one attached hydrogen (secondary N) is 2. The lowest BCUT2D eigenvalue weighted by Crippen LogP contribution is -2.50. The van der Waals surface area contributed by atoms with Crippen LogP contribution in [0.2, 0.25) is 5.02 Å². The van der Waals surface area contributed by atoms with Crippen molar-refractivity contribution in [1.29, 1.82) is 0 Å². The van der Waals surface area contributed by atoms with E-state index in [0.29, 0.717) is 35.6 Å². The van der Waals surface area contributed by atoms with Gasteiger partial charge in [-0.25, -0.2) is 28.6 Å². The third-order valence-corrected chi connectivity index (χ3v) is 7.94. The van der Waals surface area contributed by atoms with E-state index in [2.05, 4.69) is 15.7 Å². The molecule has 2 aromatic carbocycles. The molecule has 0 aliphatic carbocycles. The number of rotatable bonds is 15. The van der Waals surface area contributed by atoms with Crippen LogP contribution in [0.4, 0.5) is 19.4 Å². The molecule has 0 saturated carbocycles. The van der Waals surface area contributed by atoms with E-state index in [-0.39, 0.29) is 30.6 Å². The molecule has 0 aliphatic rings. The summed E-state index contributed by atoms with van der Waals surface area (Å²) in [5.41, 5.74) is 3.36. The fourth-order valence-corrected chi connectivity index (χ4v) is 4.88. The van der Waals surface area contributed by atoms with Crippen LogP contribution in [-0.2, 0) is 34.2 Å². The van der Waals surface area contributed by atoms with Gasteiger partial charge in [0, 0.05) is 39.3 Å². The molecule has 15 heteroatoms. The Morgan fingerprint density at radius 1 is 1.10 bits per heavy atom. The highest BCUT2D eigenvalue weighted by Crippen LogP contribution is 2.47. The molecule has 3 rings (SSSR count). The van der Waals surface area contributed by atoms with Gasteiger partial charge in [-0.05, 0) is 60.5 Å². The van der Waals surface area contributed by atoms with E-state index < -0.39 is 37.5 Å². The molecular formula is C27H32ClF2N4O7P. The van der Waals surface area contributed by atoms with E-state index in [1.165, 1.54) is 62.7 Å². The van der Waals surface area contributed by atoms with Gasteiger partial charge in [-0.2, -0.15) is 0 Å². The summed E-state index contributed by atoms with van der Waals surface area (Å²) in [5.74, 6) is -1.28. The second-order valence-electron chi connectivity index (χ2n) is 9.02. The third kappa shape index (κ3) is 9.69. The average molecular weight is 629 g/mol. The van der Waals surface area contributed by atoms with Crippen molar-refractivity contribution < 1.29 is 41.2 Å². The summed E-state index contributed by atoms with van der Waals surface area (Å²) < 4.78 is 59.7. The van der Waals surface area contributed by atoms with Crippen molar-refractivity contribution in [1.82, 2.24) is 15.4 Å². The van der Waals surface area contributed by atoms with E-state index in [1.54, 1.807) is 12.1 Å². The molecule has 0 radical (unpaired) electrons. The number of halogens is 3. The molecule has 0 unspecified atom stereocenters. The van der Waals surface area contributed by atoms with Crippen LogP contribution in [0.3, 0.4) is 0 Å². The minimum Gasteiger partial charge on any atom is -0.447 e. The minimum absolute atomic E-state index is 0.0183. The first kappa shape index (κ1) is 33.3. The van der Waals surface area contributed by atoms with Crippen LogP contribution in [0.15, 0.2) is 48.7 Å². The Morgan fingerprint density at radius 3 is 2.57 bits per heavy atom. The third-order valence-electron chi connectivity index (χ3n) is 6.12. The van der Waals surface area contributed by atoms with Gasteiger partial charge < -0.3 is 4.74 Å². The number of carbonyl (C=O) groups is 2. The number of ether oxygens (including phenoxy) is 1. The smallest absolute Gasteiger partial charge is 0.447 e. The van der Waals surface area contributed by atoms with Crippen molar-refractivity contribution in [2.24, 2.45) is 0 Å². The summed E-state index contributed by atoms with van der Waals surface area (Å²) in [6.07, 6.45) is 1.85. The van der Waals surface area contributed by atoms with Gasteiger partial charge >= 0.3 is 13.9 Å². The van der Waals surface area contributed by atoms with Crippen molar-refractivity contribution in [3.8, 4) is 0 Å². The molecule has 1 heterocycles. The van der Waals surface area contributed by atoms with Gasteiger partial charge in [0.1, 0.15) is 24.1 Å². The predicted octanol–water partition coefficient (Wildman–Crippen LogP) is 6.22. The number of amides is 2. The normalized spacial score (nSPS) is 12.2. The van der Waals surface area contributed by atoms with Crippen molar-refractivity contribution in [2.45, 2.75) is 38.8 Å². The largest absolute Gasteiger partial charge is 0.474 e. The van der Waals surface area contributed by atoms with Crippen LogP contribution >= 0.6 is 19.4 Å². The molecule has 228 valence electrons. The summed E-state index contributed by atoms with van der Waals surface area (Å²) >= 11 is 6.06. The monoisotopic (exact) mass is 628 g/mol. The zero-order chi connectivity index (χ0) is 30.7. The fourth-order valence-electron chi connectivity index (χ4n) is 3.97. The molecule has 1 aromatic heterocycles. The van der Waals surface area contributed by atoms with E-state index in [1.807, 2.05) is 0 Å². The van der Waals surface area contributed by atoms with Crippen LogP contribution in [0.1, 0.15) is 31.7 Å². The molecule has 3 aromatic rings. The van der Waals surface area contributed by atoms with Gasteiger partial charge in [-0.1, -0.05) is 23.7 Å². The second-order valence-corrected chi connectivity index (χ2v) is 11.3. The van der Waals surface area contributed by atoms with Crippen LogP contribution in [-0.4, -0.2) is 55.5 Å². The molecule has 0 aliphatic heterocycles. The van der Waals surface area contributed by atoms with Crippen LogP contribution in [0.5, 0.6) is 0 Å². The van der Waals surface area contributed by atoms with Gasteiger partial charge in [0.05, 0.1) is 17.7 Å². The van der Waals surface area contributed by atoms with Crippen molar-refractivity contribution in [2.75, 3.05) is 32.8 Å². The van der Waals surface area contributed by atoms with E-state index >= 15 is 0 Å². The van der Waals surface area contributed by atoms with Crippen LogP contribution in [0, 0.1) is 11.6 Å². The lowest BCUT2D eigenvalue weighted by molar-refractivity contribution is -0.136. The molecule has 2 amide bonds. The first-order chi connectivity index (χ1) is 20.0. The Morgan fingerprint density at radius 2 is 1.86 bits per heavy atom. The van der Waals surface area contributed by atoms with Gasteiger partial charge in [0.2, 0.25) is 5.91 Å². The highest BCUT2D eigenvalue weighted by molar-refractivity contribution is 7.48. The molecule has 42 heavy (non-hydrogen) atoms. The lowest BCUT2D eigenvalue weighted by Gasteiger charge is -2.31. The maximum absolute atomic E-state index is 13.9. The molecular weight excluding hydrogens is 597 g/mol. The lowest BCUT2D eigenvalue weighted by atomic mass is 10.1. The Balaban J connectivity index is 1.67. The number of fused-ring (bicyclic) bond motifs is 1. The van der Waals surface area contributed by atoms with E-state index in [0.717, 1.165) is 0 Å². The maximum atomic E-state index is 13.9. The standard InChI is InChI=1S/C27H32ClF2N4O7P/c1-18(35)34(32-16-20-7-6-9-24(30)26(20)28)23(8-4-5-12-41-42(37,38-2)39-3)17-40-27(36)33-25-14-21-13-22(29)11-10-19(21)15-31-25/h6-7,9-11,13-15,23,32H,4-5,8,12,16-17H2,1-3H3,(H,31,33,36)/t23-/m0/s1. The van der Waals surface area contributed by atoms with Crippen molar-refractivity contribution >= 4 is 48.0 Å². The number of benzene rings is 2. The average Bonchev–Trinajstić information content (AvgIpc) is 2.96. The number of nitrogens with zero attached hydrogens (tertiary/aromatic N) is 2.